The first-order valence-corrected chi connectivity index (χ1v) is 6.27. The molecule has 0 saturated carbocycles. The normalized spacial score (nSPS) is 24.1. The average molecular weight is 208 g/mol. The first kappa shape index (κ1) is 12.3. The minimum absolute atomic E-state index is 0.696. The summed E-state index contributed by atoms with van der Waals surface area (Å²) in [6.45, 7) is 11.8. The molecule has 2 nitrogen and oxygen atoms in total. The van der Waals surface area contributed by atoms with E-state index >= 15 is 0 Å². The molecule has 0 saturated heterocycles. The van der Waals surface area contributed by atoms with Gasteiger partial charge < -0.3 is 0 Å². The summed E-state index contributed by atoms with van der Waals surface area (Å²) in [5, 5.41) is 4.42. The molecule has 1 heterocycles. The van der Waals surface area contributed by atoms with Gasteiger partial charge in [0.15, 0.2) is 0 Å². The number of nitrogens with zero attached hydrogens (tertiary/aromatic N) is 2. The first-order valence-electron chi connectivity index (χ1n) is 6.27. The first-order chi connectivity index (χ1) is 7.22. The Morgan fingerprint density at radius 2 is 2.07 bits per heavy atom. The summed E-state index contributed by atoms with van der Waals surface area (Å²) >= 11 is 0. The fourth-order valence-electron chi connectivity index (χ4n) is 2.59. The lowest BCUT2D eigenvalue weighted by Crippen LogP contribution is -2.17. The third kappa shape index (κ3) is 2.42. The monoisotopic (exact) mass is 208 g/mol. The average Bonchev–Trinajstić information content (AvgIpc) is 2.63. The summed E-state index contributed by atoms with van der Waals surface area (Å²) in [5.41, 5.74) is 2.97. The van der Waals surface area contributed by atoms with E-state index < -0.39 is 0 Å². The second-order valence-corrected chi connectivity index (χ2v) is 4.32. The van der Waals surface area contributed by atoms with Crippen LogP contribution in [0.15, 0.2) is 6.20 Å². The Bertz CT molecular complexity index is 301. The van der Waals surface area contributed by atoms with Crippen LogP contribution in [0.3, 0.4) is 0 Å². The molecule has 0 N–H and O–H groups in total. The Hall–Kier alpha value is -0.790. The molecule has 0 radical (unpaired) electrons. The number of fused-ring (bicyclic) bond motifs is 1. The Balaban J connectivity index is 0.000000531. The number of hydrogen-bond donors (Lipinski definition) is 0. The molecule has 1 aromatic heterocycles. The van der Waals surface area contributed by atoms with Crippen LogP contribution >= 0.6 is 0 Å². The summed E-state index contributed by atoms with van der Waals surface area (Å²) in [7, 11) is 0. The molecule has 2 heteroatoms. The van der Waals surface area contributed by atoms with Crippen LogP contribution in [0.25, 0.3) is 0 Å². The van der Waals surface area contributed by atoms with Crippen LogP contribution in [0.5, 0.6) is 0 Å². The van der Waals surface area contributed by atoms with Crippen LogP contribution in [0.1, 0.15) is 58.2 Å². The molecule has 1 aliphatic rings. The molecule has 86 valence electrons. The highest BCUT2D eigenvalue weighted by atomic mass is 15.3. The van der Waals surface area contributed by atoms with Crippen molar-refractivity contribution in [1.29, 1.82) is 0 Å². The van der Waals surface area contributed by atoms with E-state index in [1.54, 1.807) is 0 Å². The van der Waals surface area contributed by atoms with Gasteiger partial charge in [-0.2, -0.15) is 5.10 Å². The van der Waals surface area contributed by atoms with Gasteiger partial charge in [-0.05, 0) is 37.2 Å². The number of rotatable bonds is 1. The second-order valence-electron chi connectivity index (χ2n) is 4.32. The third-order valence-corrected chi connectivity index (χ3v) is 3.05. The minimum atomic E-state index is 0.696. The summed E-state index contributed by atoms with van der Waals surface area (Å²) in [4.78, 5) is 0. The SMILES string of the molecule is CC.CCn1ncc2c1C(C)CC(C)C2. The van der Waals surface area contributed by atoms with Gasteiger partial charge in [-0.15, -0.1) is 0 Å². The van der Waals surface area contributed by atoms with Crippen molar-refractivity contribution in [2.24, 2.45) is 5.92 Å². The third-order valence-electron chi connectivity index (χ3n) is 3.05. The van der Waals surface area contributed by atoms with Gasteiger partial charge in [-0.1, -0.05) is 27.7 Å². The molecule has 0 aliphatic heterocycles. The quantitative estimate of drug-likeness (QED) is 0.689. The van der Waals surface area contributed by atoms with E-state index in [2.05, 4.69) is 36.7 Å². The molecule has 2 unspecified atom stereocenters. The maximum Gasteiger partial charge on any atom is 0.0524 e. The summed E-state index contributed by atoms with van der Waals surface area (Å²) in [6.07, 6.45) is 4.60. The van der Waals surface area contributed by atoms with E-state index in [1.807, 2.05) is 13.8 Å². The molecule has 0 bridgehead atoms. The largest absolute Gasteiger partial charge is 0.269 e. The molecule has 1 aromatic rings. The van der Waals surface area contributed by atoms with Gasteiger partial charge in [0, 0.05) is 12.2 Å². The van der Waals surface area contributed by atoms with Crippen molar-refractivity contribution in [2.75, 3.05) is 0 Å². The zero-order chi connectivity index (χ0) is 11.4. The number of aromatic nitrogens is 2. The number of hydrogen-bond acceptors (Lipinski definition) is 1. The molecule has 2 atom stereocenters. The van der Waals surface area contributed by atoms with Crippen molar-refractivity contribution in [1.82, 2.24) is 9.78 Å². The van der Waals surface area contributed by atoms with E-state index in [0.29, 0.717) is 5.92 Å². The van der Waals surface area contributed by atoms with E-state index in [9.17, 15) is 0 Å². The topological polar surface area (TPSA) is 17.8 Å². The molecule has 0 amide bonds. The van der Waals surface area contributed by atoms with Crippen LogP contribution in [0.2, 0.25) is 0 Å². The van der Waals surface area contributed by atoms with Crippen molar-refractivity contribution in [3.63, 3.8) is 0 Å². The maximum absolute atomic E-state index is 4.42. The smallest absolute Gasteiger partial charge is 0.0524 e. The lowest BCUT2D eigenvalue weighted by Gasteiger charge is -2.25. The summed E-state index contributed by atoms with van der Waals surface area (Å²) < 4.78 is 2.16. The molecule has 2 rings (SSSR count). The van der Waals surface area contributed by atoms with Gasteiger partial charge in [-0.25, -0.2) is 0 Å². The van der Waals surface area contributed by atoms with E-state index in [0.717, 1.165) is 12.5 Å². The van der Waals surface area contributed by atoms with Crippen LogP contribution in [0.4, 0.5) is 0 Å². The minimum Gasteiger partial charge on any atom is -0.269 e. The van der Waals surface area contributed by atoms with Crippen LogP contribution in [0, 0.1) is 5.92 Å². The Labute approximate surface area is 93.7 Å². The predicted molar refractivity (Wildman–Crippen MR) is 65.1 cm³/mol. The standard InChI is InChI=1S/C11H18N2.C2H6/c1-4-13-11-9(3)5-8(2)6-10(11)7-12-13;1-2/h7-9H,4-6H2,1-3H3;1-2H3. The molecule has 1 aliphatic carbocycles. The molecule has 0 fully saturated rings. The molecular weight excluding hydrogens is 184 g/mol. The molecule has 15 heavy (non-hydrogen) atoms. The van der Waals surface area contributed by atoms with E-state index in [1.165, 1.54) is 24.1 Å². The van der Waals surface area contributed by atoms with Gasteiger partial charge in [-0.3, -0.25) is 4.68 Å². The van der Waals surface area contributed by atoms with Crippen molar-refractivity contribution in [3.05, 3.63) is 17.5 Å². The highest BCUT2D eigenvalue weighted by molar-refractivity contribution is 5.25. The summed E-state index contributed by atoms with van der Waals surface area (Å²) in [6, 6.07) is 0. The van der Waals surface area contributed by atoms with Crippen molar-refractivity contribution >= 4 is 0 Å². The van der Waals surface area contributed by atoms with Gasteiger partial charge in [0.1, 0.15) is 0 Å². The molecular formula is C13H24N2. The van der Waals surface area contributed by atoms with Crippen molar-refractivity contribution in [2.45, 2.75) is 59.9 Å². The van der Waals surface area contributed by atoms with Gasteiger partial charge in [0.2, 0.25) is 0 Å². The van der Waals surface area contributed by atoms with Crippen LogP contribution < -0.4 is 0 Å². The molecule has 0 spiro atoms. The van der Waals surface area contributed by atoms with Gasteiger partial charge in [0.05, 0.1) is 6.20 Å². The predicted octanol–water partition coefficient (Wildman–Crippen LogP) is 3.62. The fourth-order valence-corrected chi connectivity index (χ4v) is 2.59. The van der Waals surface area contributed by atoms with E-state index in [-0.39, 0.29) is 0 Å². The van der Waals surface area contributed by atoms with Crippen LogP contribution in [-0.2, 0) is 13.0 Å². The Morgan fingerprint density at radius 1 is 1.40 bits per heavy atom. The van der Waals surface area contributed by atoms with Crippen LogP contribution in [-0.4, -0.2) is 9.78 Å². The highest BCUT2D eigenvalue weighted by Crippen LogP contribution is 2.33. The summed E-state index contributed by atoms with van der Waals surface area (Å²) in [5.74, 6) is 1.53. The van der Waals surface area contributed by atoms with E-state index in [4.69, 9.17) is 0 Å². The Morgan fingerprint density at radius 3 is 2.67 bits per heavy atom. The molecule has 0 aromatic carbocycles. The Kier molecular flexibility index (Phi) is 4.37. The van der Waals surface area contributed by atoms with Crippen molar-refractivity contribution < 1.29 is 0 Å². The zero-order valence-corrected chi connectivity index (χ0v) is 10.7. The fraction of sp³-hybridized carbons (Fsp3) is 0.769. The number of aryl methyl sites for hydroxylation is 1. The van der Waals surface area contributed by atoms with Gasteiger partial charge >= 0.3 is 0 Å². The second kappa shape index (κ2) is 5.34. The highest BCUT2D eigenvalue weighted by Gasteiger charge is 2.24. The van der Waals surface area contributed by atoms with Gasteiger partial charge in [0.25, 0.3) is 0 Å². The lowest BCUT2D eigenvalue weighted by atomic mass is 9.82. The van der Waals surface area contributed by atoms with Crippen molar-refractivity contribution in [3.8, 4) is 0 Å². The zero-order valence-electron chi connectivity index (χ0n) is 10.7. The lowest BCUT2D eigenvalue weighted by molar-refractivity contribution is 0.426. The maximum atomic E-state index is 4.42.